The van der Waals surface area contributed by atoms with Crippen LogP contribution in [0.2, 0.25) is 0 Å². The minimum absolute atomic E-state index is 0.0918. The fraction of sp³-hybridized carbons (Fsp3) is 0.889. The van der Waals surface area contributed by atoms with Crippen LogP contribution in [0.3, 0.4) is 0 Å². The van der Waals surface area contributed by atoms with Crippen molar-refractivity contribution in [1.29, 1.82) is 0 Å². The molecule has 2 N–H and O–H groups in total. The SMILES string of the molecule is CC(C)OC(=O)[C@H](N)C(C)(C)C. The van der Waals surface area contributed by atoms with Crippen molar-refractivity contribution in [3.63, 3.8) is 0 Å². The van der Waals surface area contributed by atoms with Crippen LogP contribution in [0.4, 0.5) is 0 Å². The molecule has 0 radical (unpaired) electrons. The van der Waals surface area contributed by atoms with E-state index in [1.54, 1.807) is 0 Å². The quantitative estimate of drug-likeness (QED) is 0.640. The molecule has 72 valence electrons. The zero-order chi connectivity index (χ0) is 9.94. The highest BCUT2D eigenvalue weighted by atomic mass is 16.5. The van der Waals surface area contributed by atoms with Gasteiger partial charge in [0.1, 0.15) is 6.04 Å². The van der Waals surface area contributed by atoms with Crippen LogP contribution in [0.1, 0.15) is 34.6 Å². The van der Waals surface area contributed by atoms with Crippen molar-refractivity contribution in [3.05, 3.63) is 0 Å². The van der Waals surface area contributed by atoms with Gasteiger partial charge in [-0.2, -0.15) is 0 Å². The molecule has 3 heteroatoms. The van der Waals surface area contributed by atoms with Crippen LogP contribution in [0.25, 0.3) is 0 Å². The summed E-state index contributed by atoms with van der Waals surface area (Å²) in [6.07, 6.45) is -0.0918. The molecule has 0 aromatic carbocycles. The summed E-state index contributed by atoms with van der Waals surface area (Å²) in [4.78, 5) is 11.3. The van der Waals surface area contributed by atoms with Crippen molar-refractivity contribution in [2.24, 2.45) is 11.1 Å². The van der Waals surface area contributed by atoms with Gasteiger partial charge in [0.2, 0.25) is 0 Å². The zero-order valence-corrected chi connectivity index (χ0v) is 8.55. The Balaban J connectivity index is 4.12. The lowest BCUT2D eigenvalue weighted by Crippen LogP contribution is -2.44. The fourth-order valence-corrected chi connectivity index (χ4v) is 0.659. The molecule has 0 bridgehead atoms. The van der Waals surface area contributed by atoms with E-state index in [-0.39, 0.29) is 17.5 Å². The first kappa shape index (κ1) is 11.4. The van der Waals surface area contributed by atoms with Gasteiger partial charge in [-0.1, -0.05) is 20.8 Å². The molecular weight excluding hydrogens is 154 g/mol. The molecule has 0 amide bonds. The topological polar surface area (TPSA) is 52.3 Å². The van der Waals surface area contributed by atoms with E-state index < -0.39 is 6.04 Å². The zero-order valence-electron chi connectivity index (χ0n) is 8.55. The van der Waals surface area contributed by atoms with Crippen molar-refractivity contribution < 1.29 is 9.53 Å². The number of nitrogens with two attached hydrogens (primary N) is 1. The summed E-state index contributed by atoms with van der Waals surface area (Å²) in [5.41, 5.74) is 5.44. The third kappa shape index (κ3) is 3.72. The molecule has 3 nitrogen and oxygen atoms in total. The van der Waals surface area contributed by atoms with Crippen LogP contribution in [0.15, 0.2) is 0 Å². The number of carbonyl (C=O) groups is 1. The molecule has 1 atom stereocenters. The van der Waals surface area contributed by atoms with Crippen LogP contribution in [-0.2, 0) is 9.53 Å². The Labute approximate surface area is 74.3 Å². The van der Waals surface area contributed by atoms with Gasteiger partial charge < -0.3 is 10.5 Å². The van der Waals surface area contributed by atoms with Gasteiger partial charge in [0.05, 0.1) is 6.10 Å². The minimum atomic E-state index is -0.542. The Morgan fingerprint density at radius 2 is 1.75 bits per heavy atom. The van der Waals surface area contributed by atoms with Crippen LogP contribution in [0.5, 0.6) is 0 Å². The molecule has 12 heavy (non-hydrogen) atoms. The maximum Gasteiger partial charge on any atom is 0.323 e. The maximum absolute atomic E-state index is 11.3. The van der Waals surface area contributed by atoms with Crippen molar-refractivity contribution in [3.8, 4) is 0 Å². The molecule has 0 aliphatic rings. The number of rotatable bonds is 2. The second-order valence-corrected chi connectivity index (χ2v) is 4.33. The third-order valence-electron chi connectivity index (χ3n) is 1.54. The summed E-state index contributed by atoms with van der Waals surface area (Å²) in [6, 6.07) is -0.542. The molecule has 0 heterocycles. The van der Waals surface area contributed by atoms with E-state index in [2.05, 4.69) is 0 Å². The minimum Gasteiger partial charge on any atom is -0.462 e. The molecule has 0 saturated carbocycles. The van der Waals surface area contributed by atoms with Crippen molar-refractivity contribution in [2.45, 2.75) is 46.8 Å². The number of hydrogen-bond donors (Lipinski definition) is 1. The Kier molecular flexibility index (Phi) is 3.71. The molecule has 0 aliphatic carbocycles. The standard InChI is InChI=1S/C9H19NO2/c1-6(2)12-8(11)7(10)9(3,4)5/h6-7H,10H2,1-5H3/t7-/m0/s1. The van der Waals surface area contributed by atoms with Crippen molar-refractivity contribution >= 4 is 5.97 Å². The number of ether oxygens (including phenoxy) is 1. The predicted octanol–water partition coefficient (Wildman–Crippen LogP) is 1.31. The highest BCUT2D eigenvalue weighted by Gasteiger charge is 2.29. The first-order valence-corrected chi connectivity index (χ1v) is 4.21. The fourth-order valence-electron chi connectivity index (χ4n) is 0.659. The van der Waals surface area contributed by atoms with E-state index in [0.29, 0.717) is 0 Å². The van der Waals surface area contributed by atoms with Gasteiger partial charge in [-0.25, -0.2) is 0 Å². The summed E-state index contributed by atoms with van der Waals surface area (Å²) in [5, 5.41) is 0. The molecule has 0 aliphatic heterocycles. The molecule has 0 fully saturated rings. The van der Waals surface area contributed by atoms with Crippen LogP contribution in [-0.4, -0.2) is 18.1 Å². The van der Waals surface area contributed by atoms with Gasteiger partial charge in [-0.15, -0.1) is 0 Å². The molecule has 0 spiro atoms. The van der Waals surface area contributed by atoms with Crippen LogP contribution in [0, 0.1) is 5.41 Å². The summed E-state index contributed by atoms with van der Waals surface area (Å²) in [6.45, 7) is 9.37. The van der Waals surface area contributed by atoms with Crippen molar-refractivity contribution in [1.82, 2.24) is 0 Å². The van der Waals surface area contributed by atoms with E-state index >= 15 is 0 Å². The monoisotopic (exact) mass is 173 g/mol. The van der Waals surface area contributed by atoms with E-state index in [9.17, 15) is 4.79 Å². The van der Waals surface area contributed by atoms with Gasteiger partial charge in [0.25, 0.3) is 0 Å². The molecule has 0 aromatic rings. The second kappa shape index (κ2) is 3.90. The Morgan fingerprint density at radius 1 is 1.33 bits per heavy atom. The van der Waals surface area contributed by atoms with E-state index in [4.69, 9.17) is 10.5 Å². The first-order chi connectivity index (χ1) is 5.25. The van der Waals surface area contributed by atoms with Gasteiger partial charge in [0.15, 0.2) is 0 Å². The normalized spacial score (nSPS) is 14.6. The molecule has 0 rings (SSSR count). The smallest absolute Gasteiger partial charge is 0.323 e. The molecule has 0 saturated heterocycles. The van der Waals surface area contributed by atoms with E-state index in [1.165, 1.54) is 0 Å². The van der Waals surface area contributed by atoms with E-state index in [0.717, 1.165) is 0 Å². The highest BCUT2D eigenvalue weighted by molar-refractivity contribution is 5.76. The second-order valence-electron chi connectivity index (χ2n) is 4.33. The summed E-state index contributed by atoms with van der Waals surface area (Å²) >= 11 is 0. The van der Waals surface area contributed by atoms with Gasteiger partial charge in [-0.05, 0) is 19.3 Å². The Hall–Kier alpha value is -0.570. The van der Waals surface area contributed by atoms with Crippen LogP contribution < -0.4 is 5.73 Å². The summed E-state index contributed by atoms with van der Waals surface area (Å²) in [7, 11) is 0. The van der Waals surface area contributed by atoms with Gasteiger partial charge in [-0.3, -0.25) is 4.79 Å². The Morgan fingerprint density at radius 3 is 2.00 bits per heavy atom. The van der Waals surface area contributed by atoms with Crippen LogP contribution >= 0.6 is 0 Å². The average Bonchev–Trinajstić information content (AvgIpc) is 1.82. The third-order valence-corrected chi connectivity index (χ3v) is 1.54. The molecular formula is C9H19NO2. The van der Waals surface area contributed by atoms with Gasteiger partial charge in [0, 0.05) is 0 Å². The summed E-state index contributed by atoms with van der Waals surface area (Å²) < 4.78 is 4.97. The largest absolute Gasteiger partial charge is 0.462 e. The van der Waals surface area contributed by atoms with Gasteiger partial charge >= 0.3 is 5.97 Å². The lowest BCUT2D eigenvalue weighted by Gasteiger charge is -2.25. The number of carbonyl (C=O) groups excluding carboxylic acids is 1. The highest BCUT2D eigenvalue weighted by Crippen LogP contribution is 2.18. The average molecular weight is 173 g/mol. The predicted molar refractivity (Wildman–Crippen MR) is 48.7 cm³/mol. The molecule has 0 unspecified atom stereocenters. The lowest BCUT2D eigenvalue weighted by atomic mass is 9.87. The summed E-state index contributed by atoms with van der Waals surface area (Å²) in [5.74, 6) is -0.322. The maximum atomic E-state index is 11.3. The molecule has 0 aromatic heterocycles. The number of esters is 1. The Bertz CT molecular complexity index is 158. The van der Waals surface area contributed by atoms with Crippen molar-refractivity contribution in [2.75, 3.05) is 0 Å². The number of hydrogen-bond acceptors (Lipinski definition) is 3. The lowest BCUT2D eigenvalue weighted by molar-refractivity contribution is -0.151. The van der Waals surface area contributed by atoms with E-state index in [1.807, 2.05) is 34.6 Å². The first-order valence-electron chi connectivity index (χ1n) is 4.21.